The van der Waals surface area contributed by atoms with Crippen LogP contribution in [-0.4, -0.2) is 52.5 Å². The monoisotopic (exact) mass is 311 g/mol. The smallest absolute Gasteiger partial charge is 0.264 e. The molecular formula is C13H21N5O2S. The largest absolute Gasteiger partial charge is 0.409 e. The Labute approximate surface area is 127 Å². The van der Waals surface area contributed by atoms with Crippen molar-refractivity contribution in [2.24, 2.45) is 10.9 Å². The molecular weight excluding hydrogens is 290 g/mol. The molecule has 0 bridgehead atoms. The Morgan fingerprint density at radius 2 is 2.10 bits per heavy atom. The lowest BCUT2D eigenvalue weighted by Crippen LogP contribution is -2.62. The Morgan fingerprint density at radius 3 is 2.57 bits per heavy atom. The third kappa shape index (κ3) is 3.16. The minimum atomic E-state index is -0.789. The molecule has 7 nitrogen and oxygen atoms in total. The molecule has 1 fully saturated rings. The van der Waals surface area contributed by atoms with Gasteiger partial charge in [-0.2, -0.15) is 0 Å². The van der Waals surface area contributed by atoms with Crippen LogP contribution in [0.2, 0.25) is 0 Å². The summed E-state index contributed by atoms with van der Waals surface area (Å²) in [6, 6.07) is 0. The molecule has 8 heteroatoms. The zero-order chi connectivity index (χ0) is 15.6. The maximum absolute atomic E-state index is 12.5. The molecule has 1 aromatic rings. The number of oxime groups is 1. The molecule has 1 aromatic heterocycles. The van der Waals surface area contributed by atoms with Gasteiger partial charge in [-0.15, -0.1) is 11.3 Å². The molecule has 116 valence electrons. The maximum Gasteiger partial charge on any atom is 0.264 e. The van der Waals surface area contributed by atoms with E-state index in [4.69, 9.17) is 10.9 Å². The second-order valence-corrected chi connectivity index (χ2v) is 6.68. The molecule has 21 heavy (non-hydrogen) atoms. The van der Waals surface area contributed by atoms with Gasteiger partial charge in [0.05, 0.1) is 10.7 Å². The van der Waals surface area contributed by atoms with Gasteiger partial charge >= 0.3 is 0 Å². The number of thiazole rings is 1. The lowest BCUT2D eigenvalue weighted by atomic mass is 9.86. The fourth-order valence-electron chi connectivity index (χ4n) is 2.56. The Balaban J connectivity index is 2.23. The summed E-state index contributed by atoms with van der Waals surface area (Å²) in [7, 11) is 2.01. The first-order chi connectivity index (χ1) is 9.88. The average Bonchev–Trinajstić information content (AvgIpc) is 2.79. The van der Waals surface area contributed by atoms with Crippen molar-refractivity contribution in [2.45, 2.75) is 32.2 Å². The molecule has 0 spiro atoms. The number of nitrogens with zero attached hydrogens (tertiary/aromatic N) is 3. The highest BCUT2D eigenvalue weighted by atomic mass is 32.1. The quantitative estimate of drug-likeness (QED) is 0.330. The Morgan fingerprint density at radius 1 is 1.48 bits per heavy atom. The summed E-state index contributed by atoms with van der Waals surface area (Å²) in [4.78, 5) is 19.5. The van der Waals surface area contributed by atoms with Crippen LogP contribution in [0.25, 0.3) is 0 Å². The van der Waals surface area contributed by atoms with Crippen LogP contribution in [0.1, 0.15) is 33.2 Å². The summed E-state index contributed by atoms with van der Waals surface area (Å²) in [6.07, 6.45) is 1.23. The number of carbonyl (C=O) groups is 1. The van der Waals surface area contributed by atoms with Gasteiger partial charge in [0.1, 0.15) is 10.4 Å². The average molecular weight is 311 g/mol. The third-order valence-corrected chi connectivity index (χ3v) is 4.97. The van der Waals surface area contributed by atoms with Gasteiger partial charge in [-0.05, 0) is 33.7 Å². The first-order valence-electron chi connectivity index (χ1n) is 6.81. The van der Waals surface area contributed by atoms with Crippen LogP contribution >= 0.6 is 11.3 Å². The van der Waals surface area contributed by atoms with E-state index in [1.165, 1.54) is 11.3 Å². The van der Waals surface area contributed by atoms with Crippen molar-refractivity contribution in [3.05, 3.63) is 15.6 Å². The van der Waals surface area contributed by atoms with Crippen LogP contribution in [0.5, 0.6) is 0 Å². The number of hydrogen-bond donors (Lipinski definition) is 3. The van der Waals surface area contributed by atoms with E-state index in [2.05, 4.69) is 20.4 Å². The van der Waals surface area contributed by atoms with Gasteiger partial charge in [-0.1, -0.05) is 5.16 Å². The normalized spacial score (nSPS) is 19.5. The summed E-state index contributed by atoms with van der Waals surface area (Å²) in [5.41, 5.74) is 5.77. The van der Waals surface area contributed by atoms with Crippen LogP contribution < -0.4 is 11.1 Å². The molecule has 2 heterocycles. The SMILES string of the molecule is Cc1nc(C)c(C(=O)NC2(C(N)=NO)CCN(C)CC2)s1. The molecule has 1 amide bonds. The van der Waals surface area contributed by atoms with Crippen LogP contribution in [0.15, 0.2) is 5.16 Å². The predicted molar refractivity (Wildman–Crippen MR) is 81.9 cm³/mol. The van der Waals surface area contributed by atoms with Gasteiger partial charge in [0.2, 0.25) is 0 Å². The second kappa shape index (κ2) is 5.98. The zero-order valence-electron chi connectivity index (χ0n) is 12.5. The Bertz CT molecular complexity index is 561. The van der Waals surface area contributed by atoms with E-state index >= 15 is 0 Å². The molecule has 0 radical (unpaired) electrons. The van der Waals surface area contributed by atoms with Crippen LogP contribution in [0, 0.1) is 13.8 Å². The molecule has 0 aliphatic carbocycles. The van der Waals surface area contributed by atoms with Crippen LogP contribution in [-0.2, 0) is 0 Å². The van der Waals surface area contributed by atoms with Crippen molar-refractivity contribution < 1.29 is 10.0 Å². The molecule has 0 aromatic carbocycles. The topological polar surface area (TPSA) is 104 Å². The molecule has 2 rings (SSSR count). The Hall–Kier alpha value is -1.67. The van der Waals surface area contributed by atoms with Crippen molar-refractivity contribution in [3.8, 4) is 0 Å². The number of amides is 1. The van der Waals surface area contributed by atoms with Crippen molar-refractivity contribution in [3.63, 3.8) is 0 Å². The molecule has 0 atom stereocenters. The van der Waals surface area contributed by atoms with Gasteiger partial charge in [0, 0.05) is 13.1 Å². The Kier molecular flexibility index (Phi) is 4.48. The number of hydrogen-bond acceptors (Lipinski definition) is 6. The van der Waals surface area contributed by atoms with Crippen molar-refractivity contribution in [1.29, 1.82) is 0 Å². The maximum atomic E-state index is 12.5. The van der Waals surface area contributed by atoms with Gasteiger partial charge in [-0.3, -0.25) is 4.79 Å². The van der Waals surface area contributed by atoms with E-state index in [0.717, 1.165) is 18.1 Å². The molecule has 0 saturated carbocycles. The van der Waals surface area contributed by atoms with Crippen LogP contribution in [0.4, 0.5) is 0 Å². The summed E-state index contributed by atoms with van der Waals surface area (Å²) in [5.74, 6) is -0.155. The molecule has 1 saturated heterocycles. The highest BCUT2D eigenvalue weighted by molar-refractivity contribution is 7.13. The van der Waals surface area contributed by atoms with Gasteiger partial charge in [0.25, 0.3) is 5.91 Å². The van der Waals surface area contributed by atoms with Gasteiger partial charge < -0.3 is 21.2 Å². The highest BCUT2D eigenvalue weighted by Crippen LogP contribution is 2.24. The zero-order valence-corrected chi connectivity index (χ0v) is 13.3. The minimum Gasteiger partial charge on any atom is -0.409 e. The fraction of sp³-hybridized carbons (Fsp3) is 0.615. The lowest BCUT2D eigenvalue weighted by Gasteiger charge is -2.40. The van der Waals surface area contributed by atoms with Crippen molar-refractivity contribution in [1.82, 2.24) is 15.2 Å². The summed E-state index contributed by atoms with van der Waals surface area (Å²) >= 11 is 1.35. The van der Waals surface area contributed by atoms with Crippen molar-refractivity contribution in [2.75, 3.05) is 20.1 Å². The van der Waals surface area contributed by atoms with Crippen LogP contribution in [0.3, 0.4) is 0 Å². The number of rotatable bonds is 3. The van der Waals surface area contributed by atoms with E-state index in [-0.39, 0.29) is 11.7 Å². The number of nitrogens with two attached hydrogens (primary N) is 1. The summed E-state index contributed by atoms with van der Waals surface area (Å²) in [5, 5.41) is 16.0. The van der Waals surface area contributed by atoms with E-state index in [1.54, 1.807) is 0 Å². The number of aromatic nitrogens is 1. The number of piperidine rings is 1. The minimum absolute atomic E-state index is 0.0582. The third-order valence-electron chi connectivity index (χ3n) is 3.90. The fourth-order valence-corrected chi connectivity index (χ4v) is 3.37. The predicted octanol–water partition coefficient (Wildman–Crippen LogP) is 0.701. The standard InChI is InChI=1S/C13H21N5O2S/c1-8-10(21-9(2)15-8)11(19)16-13(12(14)17-20)4-6-18(3)7-5-13/h20H,4-7H2,1-3H3,(H2,14,17)(H,16,19). The highest BCUT2D eigenvalue weighted by Gasteiger charge is 2.40. The first kappa shape index (κ1) is 15.7. The van der Waals surface area contributed by atoms with Crippen molar-refractivity contribution >= 4 is 23.1 Å². The van der Waals surface area contributed by atoms with Gasteiger partial charge in [0.15, 0.2) is 5.84 Å². The molecule has 4 N–H and O–H groups in total. The number of amidine groups is 1. The van der Waals surface area contributed by atoms with E-state index in [1.807, 2.05) is 20.9 Å². The molecule has 0 unspecified atom stereocenters. The number of carbonyl (C=O) groups excluding carboxylic acids is 1. The summed E-state index contributed by atoms with van der Waals surface area (Å²) in [6.45, 7) is 5.22. The molecule has 1 aliphatic heterocycles. The van der Waals surface area contributed by atoms with E-state index in [9.17, 15) is 4.79 Å². The van der Waals surface area contributed by atoms with E-state index < -0.39 is 5.54 Å². The number of nitrogens with one attached hydrogen (secondary N) is 1. The second-order valence-electron chi connectivity index (χ2n) is 5.47. The number of aryl methyl sites for hydroxylation is 2. The summed E-state index contributed by atoms with van der Waals surface area (Å²) < 4.78 is 0. The number of likely N-dealkylation sites (tertiary alicyclic amines) is 1. The molecule has 1 aliphatic rings. The first-order valence-corrected chi connectivity index (χ1v) is 7.63. The van der Waals surface area contributed by atoms with Gasteiger partial charge in [-0.25, -0.2) is 4.98 Å². The van der Waals surface area contributed by atoms with E-state index in [0.29, 0.717) is 23.4 Å². The lowest BCUT2D eigenvalue weighted by molar-refractivity contribution is 0.0889.